The first kappa shape index (κ1) is 19.8. The highest BCUT2D eigenvalue weighted by Gasteiger charge is 2.28. The molecule has 10 heteroatoms. The predicted molar refractivity (Wildman–Crippen MR) is 68.4 cm³/mol. The summed E-state index contributed by atoms with van der Waals surface area (Å²) in [5.41, 5.74) is 5.48. The third-order valence-electron chi connectivity index (χ3n) is 2.58. The van der Waals surface area contributed by atoms with Crippen LogP contribution in [0.1, 0.15) is 11.7 Å². The lowest BCUT2D eigenvalue weighted by Gasteiger charge is -2.18. The maximum Gasteiger partial charge on any atom is 0.343 e. The molecule has 1 aromatic carbocycles. The molecule has 0 heterocycles. The summed E-state index contributed by atoms with van der Waals surface area (Å²) >= 11 is 0. The van der Waals surface area contributed by atoms with Gasteiger partial charge in [-0.2, -0.15) is 0 Å². The van der Waals surface area contributed by atoms with E-state index >= 15 is 0 Å². The zero-order valence-corrected chi connectivity index (χ0v) is 11.2. The number of hydrogen-bond acceptors (Lipinski definition) is 9. The van der Waals surface area contributed by atoms with Crippen LogP contribution in [0, 0.1) is 0 Å². The van der Waals surface area contributed by atoms with Crippen molar-refractivity contribution in [3.05, 3.63) is 23.8 Å². The largest absolute Gasteiger partial charge is 0.547 e. The van der Waals surface area contributed by atoms with Crippen molar-refractivity contribution in [1.82, 2.24) is 0 Å². The monoisotopic (exact) mass is 318 g/mol. The minimum Gasteiger partial charge on any atom is -0.547 e. The molecule has 0 amide bonds. The van der Waals surface area contributed by atoms with Crippen molar-refractivity contribution in [3.8, 4) is 11.5 Å². The van der Waals surface area contributed by atoms with Crippen LogP contribution in [0.25, 0.3) is 0 Å². The molecule has 0 radical (unpaired) electrons. The molecule has 0 saturated heterocycles. The number of carbonyl (C=O) groups excluding carboxylic acids is 2. The van der Waals surface area contributed by atoms with Crippen LogP contribution in [0.15, 0.2) is 18.2 Å². The minimum absolute atomic E-state index is 0. The Balaban J connectivity index is 0.00000441. The number of carboxylic acid groups (broad SMARTS) is 1. The van der Waals surface area contributed by atoms with Crippen LogP contribution >= 0.6 is 0 Å². The quantitative estimate of drug-likeness (QED) is 0.255. The maximum atomic E-state index is 11.4. The highest BCUT2D eigenvalue weighted by molar-refractivity contribution is 5.85. The van der Waals surface area contributed by atoms with Gasteiger partial charge in [-0.15, -0.1) is 0 Å². The molecule has 0 aliphatic rings. The molecule has 0 aliphatic carbocycles. The summed E-state index contributed by atoms with van der Waals surface area (Å²) in [6.07, 6.45) is -5.93. The molecule has 0 spiro atoms. The number of aliphatic hydroxyl groups is 3. The normalized spacial score (nSPS) is 14.4. The first-order valence-electron chi connectivity index (χ1n) is 5.77. The van der Waals surface area contributed by atoms with E-state index in [4.69, 9.17) is 10.8 Å². The maximum absolute atomic E-state index is 11.4. The molecule has 22 heavy (non-hydrogen) atoms. The van der Waals surface area contributed by atoms with Gasteiger partial charge in [0.25, 0.3) is 0 Å². The summed E-state index contributed by atoms with van der Waals surface area (Å²) in [6.45, 7) is -0.121. The first-order chi connectivity index (χ1) is 9.77. The highest BCUT2D eigenvalue weighted by atomic mass is 16.6. The fourth-order valence-corrected chi connectivity index (χ4v) is 1.38. The lowest BCUT2D eigenvalue weighted by Crippen LogP contribution is -2.48. The molecule has 1 rings (SSSR count). The van der Waals surface area contributed by atoms with Gasteiger partial charge in [0.05, 0.1) is 12.1 Å². The van der Waals surface area contributed by atoms with Gasteiger partial charge in [0.2, 0.25) is 0 Å². The van der Waals surface area contributed by atoms with Gasteiger partial charge in [-0.1, -0.05) is 6.07 Å². The van der Waals surface area contributed by atoms with Crippen molar-refractivity contribution < 1.29 is 45.3 Å². The number of nitrogens with two attached hydrogens (primary N) is 1. The Morgan fingerprint density at radius 3 is 2.32 bits per heavy atom. The van der Waals surface area contributed by atoms with Crippen molar-refractivity contribution in [1.29, 1.82) is 0 Å². The van der Waals surface area contributed by atoms with Crippen molar-refractivity contribution in [2.75, 3.05) is 6.54 Å². The van der Waals surface area contributed by atoms with E-state index in [0.717, 1.165) is 12.1 Å². The van der Waals surface area contributed by atoms with E-state index in [1.165, 1.54) is 6.07 Å². The summed E-state index contributed by atoms with van der Waals surface area (Å²) in [4.78, 5) is 21.8. The van der Waals surface area contributed by atoms with Crippen LogP contribution < -0.4 is 15.6 Å². The molecule has 0 aromatic heterocycles. The van der Waals surface area contributed by atoms with Gasteiger partial charge in [-0.25, -0.2) is 4.79 Å². The smallest absolute Gasteiger partial charge is 0.343 e. The number of aliphatic hydroxyl groups excluding tert-OH is 3. The Labute approximate surface area is 124 Å². The second-order valence-corrected chi connectivity index (χ2v) is 4.11. The molecule has 10 nitrogen and oxygen atoms in total. The topological polar surface area (TPSA) is 205 Å². The molecule has 0 bridgehead atoms. The number of benzene rings is 1. The lowest BCUT2D eigenvalue weighted by atomic mass is 10.1. The Hall–Kier alpha value is -2.24. The van der Waals surface area contributed by atoms with Gasteiger partial charge >= 0.3 is 5.97 Å². The number of aliphatic carboxylic acids is 1. The van der Waals surface area contributed by atoms with E-state index in [9.17, 15) is 30.0 Å². The van der Waals surface area contributed by atoms with E-state index in [1.807, 2.05) is 0 Å². The molecule has 0 saturated carbocycles. The minimum atomic E-state index is -2.47. The van der Waals surface area contributed by atoms with Crippen LogP contribution in [0.5, 0.6) is 11.5 Å². The van der Waals surface area contributed by atoms with Crippen LogP contribution in [0.3, 0.4) is 0 Å². The third-order valence-corrected chi connectivity index (χ3v) is 2.58. The Morgan fingerprint density at radius 2 is 1.82 bits per heavy atom. The standard InChI is InChI=1S/C12H15NO8.H2O/c13-4-7(15)5-1-2-6(14)8(3-5)21-12(20)10(17)9(16)11(18)19;/h1-3,7,9-10,14-17H,4,13H2,(H,18,19);1H2/p-1/t7-,9+,10+;/m0./s1. The van der Waals surface area contributed by atoms with Crippen LogP contribution in [-0.2, 0) is 9.59 Å². The number of ether oxygens (including phenoxy) is 1. The fourth-order valence-electron chi connectivity index (χ4n) is 1.38. The zero-order valence-electron chi connectivity index (χ0n) is 11.2. The van der Waals surface area contributed by atoms with E-state index in [2.05, 4.69) is 4.74 Å². The Kier molecular flexibility index (Phi) is 7.42. The molecule has 124 valence electrons. The van der Waals surface area contributed by atoms with Gasteiger partial charge in [0.15, 0.2) is 17.6 Å². The molecule has 8 N–H and O–H groups in total. The number of carbonyl (C=O) groups is 2. The average molecular weight is 318 g/mol. The van der Waals surface area contributed by atoms with E-state index in [0.29, 0.717) is 0 Å². The van der Waals surface area contributed by atoms with Gasteiger partial charge in [-0.3, -0.25) is 0 Å². The first-order valence-corrected chi connectivity index (χ1v) is 5.77. The van der Waals surface area contributed by atoms with Gasteiger partial charge in [-0.05, 0) is 17.7 Å². The highest BCUT2D eigenvalue weighted by Crippen LogP contribution is 2.29. The van der Waals surface area contributed by atoms with Crippen molar-refractivity contribution in [2.45, 2.75) is 18.3 Å². The average Bonchev–Trinajstić information content (AvgIpc) is 2.46. The van der Waals surface area contributed by atoms with Gasteiger partial charge in [0.1, 0.15) is 6.10 Å². The van der Waals surface area contributed by atoms with Gasteiger partial charge in [0, 0.05) is 6.54 Å². The van der Waals surface area contributed by atoms with E-state index in [-0.39, 0.29) is 17.6 Å². The fraction of sp³-hybridized carbons (Fsp3) is 0.333. The molecule has 1 aromatic rings. The zero-order chi connectivity index (χ0) is 16.2. The Morgan fingerprint density at radius 1 is 1.23 bits per heavy atom. The van der Waals surface area contributed by atoms with Crippen LogP contribution in [0.2, 0.25) is 0 Å². The van der Waals surface area contributed by atoms with Crippen molar-refractivity contribution in [3.63, 3.8) is 0 Å². The van der Waals surface area contributed by atoms with Crippen molar-refractivity contribution >= 4 is 11.9 Å². The molecular weight excluding hydrogens is 302 g/mol. The summed E-state index contributed by atoms with van der Waals surface area (Å²) in [5, 5.41) is 47.6. The second-order valence-electron chi connectivity index (χ2n) is 4.11. The van der Waals surface area contributed by atoms with E-state index in [1.54, 1.807) is 0 Å². The third kappa shape index (κ3) is 4.65. The summed E-state index contributed by atoms with van der Waals surface area (Å²) in [5.74, 6) is -4.50. The number of phenols is 1. The number of aromatic hydroxyl groups is 1. The number of phenolic OH excluding ortho intramolecular Hbond substituents is 1. The molecule has 0 aliphatic heterocycles. The van der Waals surface area contributed by atoms with Crippen LogP contribution in [0.4, 0.5) is 0 Å². The second kappa shape index (κ2) is 8.26. The van der Waals surface area contributed by atoms with Crippen LogP contribution in [-0.4, -0.2) is 56.6 Å². The molecular formula is C12H16NO9-. The van der Waals surface area contributed by atoms with E-state index < -0.39 is 41.7 Å². The number of rotatable bonds is 6. The molecule has 3 atom stereocenters. The molecule has 0 unspecified atom stereocenters. The molecule has 0 fully saturated rings. The lowest BCUT2D eigenvalue weighted by molar-refractivity contribution is -0.318. The summed E-state index contributed by atoms with van der Waals surface area (Å²) in [6, 6.07) is 3.53. The summed E-state index contributed by atoms with van der Waals surface area (Å²) < 4.78 is 4.57. The SMILES string of the molecule is NC[C@H](O)c1ccc(O)c(OC(=O)[C@H](O)[C@@H](O)C(=O)[O-])c1.O. The van der Waals surface area contributed by atoms with Crippen molar-refractivity contribution in [2.24, 2.45) is 5.73 Å². The number of carboxylic acids is 1. The Bertz CT molecular complexity index is 533. The summed E-state index contributed by atoms with van der Waals surface area (Å²) in [7, 11) is 0. The number of esters is 1. The predicted octanol–water partition coefficient (Wildman–Crippen LogP) is -4.06. The number of hydrogen-bond donors (Lipinski definition) is 5. The van der Waals surface area contributed by atoms with Gasteiger partial charge < -0.3 is 46.3 Å².